The molecule has 3 aromatic rings. The second kappa shape index (κ2) is 8.13. The molecule has 0 bridgehead atoms. The molecule has 154 valence electrons. The van der Waals surface area contributed by atoms with Crippen molar-refractivity contribution in [3.8, 4) is 22.5 Å². The number of piperazine rings is 1. The van der Waals surface area contributed by atoms with Crippen molar-refractivity contribution in [1.82, 2.24) is 14.8 Å². The Balaban J connectivity index is 1.50. The Morgan fingerprint density at radius 2 is 1.87 bits per heavy atom. The molecule has 0 saturated carbocycles. The van der Waals surface area contributed by atoms with Crippen molar-refractivity contribution in [3.63, 3.8) is 0 Å². The predicted octanol–water partition coefficient (Wildman–Crippen LogP) is 4.51. The van der Waals surface area contributed by atoms with Crippen LogP contribution >= 0.6 is 0 Å². The van der Waals surface area contributed by atoms with E-state index in [0.717, 1.165) is 79.3 Å². The van der Waals surface area contributed by atoms with Crippen LogP contribution in [0.3, 0.4) is 0 Å². The van der Waals surface area contributed by atoms with Crippen LogP contribution in [0.1, 0.15) is 29.3 Å². The van der Waals surface area contributed by atoms with E-state index in [9.17, 15) is 4.91 Å². The third kappa shape index (κ3) is 3.68. The number of rotatable bonds is 5. The largest absolute Gasteiger partial charge is 0.459 e. The Bertz CT molecular complexity index is 1040. The molecule has 0 amide bonds. The summed E-state index contributed by atoms with van der Waals surface area (Å²) in [5, 5.41) is 3.29. The lowest BCUT2D eigenvalue weighted by atomic mass is 9.98. The van der Waals surface area contributed by atoms with Crippen LogP contribution in [0.15, 0.2) is 58.4 Å². The van der Waals surface area contributed by atoms with Crippen LogP contribution < -0.4 is 0 Å². The van der Waals surface area contributed by atoms with Gasteiger partial charge in [-0.15, -0.1) is 0 Å². The van der Waals surface area contributed by atoms with Crippen molar-refractivity contribution in [3.05, 3.63) is 70.6 Å². The van der Waals surface area contributed by atoms with Gasteiger partial charge in [0.05, 0.1) is 6.54 Å². The highest BCUT2D eigenvalue weighted by Crippen LogP contribution is 2.40. The van der Waals surface area contributed by atoms with Gasteiger partial charge in [0.25, 0.3) is 0 Å². The van der Waals surface area contributed by atoms with Crippen LogP contribution in [0.25, 0.3) is 22.5 Å². The number of hydrogen-bond acceptors (Lipinski definition) is 6. The number of benzene rings is 1. The lowest BCUT2D eigenvalue weighted by Crippen LogP contribution is -2.43. The van der Waals surface area contributed by atoms with Gasteiger partial charge in [0.15, 0.2) is 0 Å². The Kier molecular flexibility index (Phi) is 5.19. The van der Waals surface area contributed by atoms with Gasteiger partial charge in [-0.05, 0) is 54.8 Å². The second-order valence-electron chi connectivity index (χ2n) is 8.34. The summed E-state index contributed by atoms with van der Waals surface area (Å²) < 4.78 is 6.39. The number of nitrogens with zero attached hydrogens (tertiary/aromatic N) is 4. The van der Waals surface area contributed by atoms with Crippen LogP contribution in [0.5, 0.6) is 0 Å². The van der Waals surface area contributed by atoms with Crippen molar-refractivity contribution in [2.24, 2.45) is 5.18 Å². The van der Waals surface area contributed by atoms with Crippen molar-refractivity contribution in [2.75, 3.05) is 33.2 Å². The van der Waals surface area contributed by atoms with Crippen LogP contribution in [0.2, 0.25) is 0 Å². The van der Waals surface area contributed by atoms with Crippen LogP contribution in [-0.2, 0) is 13.0 Å². The standard InChI is InChI=1S/C24H26N4O2/c1-27-10-12-28(13-11-27)16-20-15-22(24(30-20)17-6-8-25-9-7-17)19-2-4-21-18(14-19)3-5-23(21)26-29/h2,4,6-9,14-15,23H,3,5,10-13,16H2,1H3. The fraction of sp³-hybridized carbons (Fsp3) is 0.375. The second-order valence-corrected chi connectivity index (χ2v) is 8.34. The van der Waals surface area contributed by atoms with Crippen molar-refractivity contribution in [1.29, 1.82) is 0 Å². The molecular weight excluding hydrogens is 376 g/mol. The summed E-state index contributed by atoms with van der Waals surface area (Å²) in [6.45, 7) is 5.09. The fourth-order valence-electron chi connectivity index (χ4n) is 4.55. The van der Waals surface area contributed by atoms with Crippen LogP contribution in [0.4, 0.5) is 0 Å². The summed E-state index contributed by atoms with van der Waals surface area (Å²) in [4.78, 5) is 20.1. The average molecular weight is 402 g/mol. The number of furan rings is 1. The number of hydrogen-bond donors (Lipinski definition) is 0. The fourth-order valence-corrected chi connectivity index (χ4v) is 4.55. The highest BCUT2D eigenvalue weighted by Gasteiger charge is 2.25. The SMILES string of the molecule is CN1CCN(Cc2cc(-c3ccc4c(c3)CCC4N=O)c(-c3ccncc3)o2)CC1. The highest BCUT2D eigenvalue weighted by atomic mass is 16.3. The molecule has 1 unspecified atom stereocenters. The summed E-state index contributed by atoms with van der Waals surface area (Å²) in [5.41, 5.74) is 5.54. The molecule has 1 aromatic carbocycles. The number of aromatic nitrogens is 1. The molecule has 1 saturated heterocycles. The third-order valence-corrected chi connectivity index (χ3v) is 6.33. The van der Waals surface area contributed by atoms with Gasteiger partial charge in [0.2, 0.25) is 0 Å². The van der Waals surface area contributed by atoms with Crippen LogP contribution in [0, 0.1) is 4.91 Å². The maximum atomic E-state index is 11.1. The molecule has 0 radical (unpaired) electrons. The molecule has 0 spiro atoms. The zero-order chi connectivity index (χ0) is 20.5. The van der Waals surface area contributed by atoms with Gasteiger partial charge in [0.1, 0.15) is 17.6 Å². The molecule has 1 aliphatic carbocycles. The highest BCUT2D eigenvalue weighted by molar-refractivity contribution is 5.80. The van der Waals surface area contributed by atoms with Gasteiger partial charge in [-0.2, -0.15) is 4.91 Å². The number of aryl methyl sites for hydroxylation is 1. The van der Waals surface area contributed by atoms with Gasteiger partial charge in [-0.1, -0.05) is 23.4 Å². The van der Waals surface area contributed by atoms with Gasteiger partial charge in [-0.25, -0.2) is 0 Å². The molecule has 2 aliphatic rings. The minimum absolute atomic E-state index is 0.203. The minimum Gasteiger partial charge on any atom is -0.459 e. The molecule has 1 atom stereocenters. The smallest absolute Gasteiger partial charge is 0.142 e. The van der Waals surface area contributed by atoms with Crippen molar-refractivity contribution >= 4 is 0 Å². The predicted molar refractivity (Wildman–Crippen MR) is 117 cm³/mol. The van der Waals surface area contributed by atoms with E-state index in [1.807, 2.05) is 12.1 Å². The van der Waals surface area contributed by atoms with Gasteiger partial charge < -0.3 is 9.32 Å². The lowest BCUT2D eigenvalue weighted by Gasteiger charge is -2.31. The summed E-state index contributed by atoms with van der Waals surface area (Å²) >= 11 is 0. The Labute approximate surface area is 176 Å². The van der Waals surface area contributed by atoms with Crippen molar-refractivity contribution in [2.45, 2.75) is 25.4 Å². The van der Waals surface area contributed by atoms with Gasteiger partial charge in [-0.3, -0.25) is 9.88 Å². The maximum absolute atomic E-state index is 11.1. The molecule has 1 aliphatic heterocycles. The van der Waals surface area contributed by atoms with Crippen molar-refractivity contribution < 1.29 is 4.42 Å². The van der Waals surface area contributed by atoms with Crippen LogP contribution in [-0.4, -0.2) is 48.0 Å². The molecule has 6 heteroatoms. The van der Waals surface area contributed by atoms with E-state index in [0.29, 0.717) is 0 Å². The Morgan fingerprint density at radius 3 is 2.63 bits per heavy atom. The van der Waals surface area contributed by atoms with E-state index in [1.54, 1.807) is 12.4 Å². The summed E-state index contributed by atoms with van der Waals surface area (Å²) in [7, 11) is 2.17. The first-order valence-corrected chi connectivity index (χ1v) is 10.6. The van der Waals surface area contributed by atoms with Gasteiger partial charge in [0, 0.05) is 49.7 Å². The Hall–Kier alpha value is -2.83. The number of pyridine rings is 1. The number of nitroso groups, excluding NO2 is 1. The molecule has 3 heterocycles. The third-order valence-electron chi connectivity index (χ3n) is 6.33. The summed E-state index contributed by atoms with van der Waals surface area (Å²) in [5.74, 6) is 1.86. The Morgan fingerprint density at radius 1 is 1.07 bits per heavy atom. The molecule has 30 heavy (non-hydrogen) atoms. The van der Waals surface area contributed by atoms with E-state index in [1.165, 1.54) is 5.56 Å². The number of fused-ring (bicyclic) bond motifs is 1. The van der Waals surface area contributed by atoms with E-state index >= 15 is 0 Å². The molecule has 0 N–H and O–H groups in total. The molecule has 1 fully saturated rings. The summed E-state index contributed by atoms with van der Waals surface area (Å²) in [6.07, 6.45) is 5.30. The first-order chi connectivity index (χ1) is 14.7. The molecular formula is C24H26N4O2. The van der Waals surface area contributed by atoms with E-state index in [4.69, 9.17) is 4.42 Å². The molecule has 2 aromatic heterocycles. The van der Waals surface area contributed by atoms with E-state index in [-0.39, 0.29) is 6.04 Å². The van der Waals surface area contributed by atoms with E-state index in [2.05, 4.69) is 51.3 Å². The monoisotopic (exact) mass is 402 g/mol. The molecule has 5 rings (SSSR count). The first kappa shape index (κ1) is 19.2. The quantitative estimate of drug-likeness (QED) is 0.588. The first-order valence-electron chi connectivity index (χ1n) is 10.6. The van der Waals surface area contributed by atoms with Gasteiger partial charge >= 0.3 is 0 Å². The van der Waals surface area contributed by atoms with E-state index < -0.39 is 0 Å². The maximum Gasteiger partial charge on any atom is 0.142 e. The zero-order valence-electron chi connectivity index (χ0n) is 17.3. The number of likely N-dealkylation sites (N-methyl/N-ethyl adjacent to an activating group) is 1. The average Bonchev–Trinajstić information content (AvgIpc) is 3.39. The molecule has 6 nitrogen and oxygen atoms in total. The topological polar surface area (TPSA) is 61.9 Å². The normalized spacial score (nSPS) is 19.7. The minimum atomic E-state index is -0.203. The summed E-state index contributed by atoms with van der Waals surface area (Å²) in [6, 6.07) is 12.3. The zero-order valence-corrected chi connectivity index (χ0v) is 17.3. The lowest BCUT2D eigenvalue weighted by molar-refractivity contribution is 0.140.